The number of rotatable bonds is 5. The first-order valence-electron chi connectivity index (χ1n) is 8.41. The zero-order chi connectivity index (χ0) is 21.3. The summed E-state index contributed by atoms with van der Waals surface area (Å²) in [6.45, 7) is 3.49. The maximum absolute atomic E-state index is 12.7. The summed E-state index contributed by atoms with van der Waals surface area (Å²) in [5.74, 6) is -0.836. The van der Waals surface area contributed by atoms with Gasteiger partial charge in [-0.25, -0.2) is 13.1 Å². The molecule has 0 aliphatic rings. The lowest BCUT2D eigenvalue weighted by atomic mass is 10.1. The van der Waals surface area contributed by atoms with Crippen LogP contribution >= 0.6 is 23.2 Å². The Morgan fingerprint density at radius 2 is 1.72 bits per heavy atom. The molecule has 152 valence electrons. The molecule has 0 unspecified atom stereocenters. The van der Waals surface area contributed by atoms with Crippen LogP contribution in [0.2, 0.25) is 10.0 Å². The maximum atomic E-state index is 12.7. The molecule has 0 saturated carbocycles. The Bertz CT molecular complexity index is 1270. The lowest BCUT2D eigenvalue weighted by Crippen LogP contribution is -2.43. The summed E-state index contributed by atoms with van der Waals surface area (Å²) in [7, 11) is -4.20. The van der Waals surface area contributed by atoms with Crippen LogP contribution in [-0.4, -0.2) is 24.1 Å². The van der Waals surface area contributed by atoms with Crippen LogP contribution in [0.3, 0.4) is 0 Å². The van der Waals surface area contributed by atoms with Crippen molar-refractivity contribution < 1.29 is 13.2 Å². The average Bonchev–Trinajstić information content (AvgIpc) is 2.68. The summed E-state index contributed by atoms with van der Waals surface area (Å²) in [6.07, 6.45) is 0. The molecule has 1 heterocycles. The van der Waals surface area contributed by atoms with E-state index in [-0.39, 0.29) is 32.2 Å². The molecular formula is C18H16Cl2N4O4S. The Hall–Kier alpha value is -2.46. The quantitative estimate of drug-likeness (QED) is 0.575. The molecule has 2 N–H and O–H groups in total. The van der Waals surface area contributed by atoms with E-state index >= 15 is 0 Å². The third kappa shape index (κ3) is 4.13. The Labute approximate surface area is 176 Å². The summed E-state index contributed by atoms with van der Waals surface area (Å²) in [5, 5.41) is 4.59. The topological polar surface area (TPSA) is 110 Å². The minimum absolute atomic E-state index is 0.0533. The van der Waals surface area contributed by atoms with Crippen LogP contribution in [0.5, 0.6) is 0 Å². The molecule has 29 heavy (non-hydrogen) atoms. The van der Waals surface area contributed by atoms with Gasteiger partial charge in [0.15, 0.2) is 5.69 Å². The molecule has 1 amide bonds. The average molecular weight is 455 g/mol. The van der Waals surface area contributed by atoms with Gasteiger partial charge in [-0.3, -0.25) is 15.0 Å². The second-order valence-electron chi connectivity index (χ2n) is 6.35. The highest BCUT2D eigenvalue weighted by molar-refractivity contribution is 7.89. The summed E-state index contributed by atoms with van der Waals surface area (Å²) in [5.41, 5.74) is 1.65. The van der Waals surface area contributed by atoms with Crippen LogP contribution in [0, 0.1) is 0 Å². The number of amides is 1. The van der Waals surface area contributed by atoms with Gasteiger partial charge in [0.2, 0.25) is 0 Å². The number of sulfonamides is 1. The first-order valence-corrected chi connectivity index (χ1v) is 10.6. The standard InChI is InChI=1S/C18H16Cl2N4O4S/c1-10(2)24-18(26)12-7-4-3-6-11(12)16(22-24)17(25)21-23-29(27,28)14-9-5-8-13(19)15(14)20/h3-10,23H,1-2H3,(H,21,25). The fourth-order valence-corrected chi connectivity index (χ4v) is 4.25. The highest BCUT2D eigenvalue weighted by atomic mass is 35.5. The number of halogens is 2. The SMILES string of the molecule is CC(C)n1nc(C(=O)NNS(=O)(=O)c2cccc(Cl)c2Cl)c2ccccc2c1=O. The van der Waals surface area contributed by atoms with Gasteiger partial charge in [0.1, 0.15) is 4.90 Å². The highest BCUT2D eigenvalue weighted by Crippen LogP contribution is 2.28. The fraction of sp³-hybridized carbons (Fsp3) is 0.167. The molecule has 0 fully saturated rings. The van der Waals surface area contributed by atoms with Crippen LogP contribution in [0.4, 0.5) is 0 Å². The van der Waals surface area contributed by atoms with E-state index in [1.165, 1.54) is 22.9 Å². The van der Waals surface area contributed by atoms with Gasteiger partial charge in [0.25, 0.3) is 21.5 Å². The monoisotopic (exact) mass is 454 g/mol. The molecule has 0 atom stereocenters. The van der Waals surface area contributed by atoms with E-state index in [0.717, 1.165) is 0 Å². The van der Waals surface area contributed by atoms with Crippen LogP contribution in [-0.2, 0) is 10.0 Å². The van der Waals surface area contributed by atoms with E-state index in [4.69, 9.17) is 23.2 Å². The molecule has 2 aromatic carbocycles. The minimum atomic E-state index is -4.20. The zero-order valence-corrected chi connectivity index (χ0v) is 17.6. The van der Waals surface area contributed by atoms with Crippen LogP contribution in [0.15, 0.2) is 52.2 Å². The van der Waals surface area contributed by atoms with Gasteiger partial charge in [0, 0.05) is 5.39 Å². The Morgan fingerprint density at radius 3 is 2.38 bits per heavy atom. The van der Waals surface area contributed by atoms with E-state index < -0.39 is 15.9 Å². The van der Waals surface area contributed by atoms with E-state index in [2.05, 4.69) is 10.5 Å². The van der Waals surface area contributed by atoms with Crippen molar-refractivity contribution in [1.82, 2.24) is 20.0 Å². The van der Waals surface area contributed by atoms with Gasteiger partial charge in [-0.2, -0.15) is 5.10 Å². The highest BCUT2D eigenvalue weighted by Gasteiger charge is 2.23. The lowest BCUT2D eigenvalue weighted by Gasteiger charge is -2.14. The van der Waals surface area contributed by atoms with Crippen molar-refractivity contribution >= 4 is 49.9 Å². The number of hydrazine groups is 1. The first-order chi connectivity index (χ1) is 13.6. The summed E-state index contributed by atoms with van der Waals surface area (Å²) in [4.78, 5) is 26.9. The maximum Gasteiger partial charge on any atom is 0.287 e. The van der Waals surface area contributed by atoms with E-state index in [1.807, 2.05) is 4.83 Å². The van der Waals surface area contributed by atoms with Crippen molar-refractivity contribution in [2.45, 2.75) is 24.8 Å². The number of fused-ring (bicyclic) bond motifs is 1. The van der Waals surface area contributed by atoms with Crippen molar-refractivity contribution in [2.24, 2.45) is 0 Å². The van der Waals surface area contributed by atoms with Gasteiger partial charge in [-0.1, -0.05) is 47.5 Å². The molecule has 0 aliphatic heterocycles. The molecule has 0 radical (unpaired) electrons. The van der Waals surface area contributed by atoms with Crippen molar-refractivity contribution in [3.05, 3.63) is 68.6 Å². The van der Waals surface area contributed by atoms with Gasteiger partial charge in [-0.15, -0.1) is 4.83 Å². The number of hydrogen-bond acceptors (Lipinski definition) is 5. The molecule has 3 rings (SSSR count). The molecule has 0 saturated heterocycles. The van der Waals surface area contributed by atoms with Crippen molar-refractivity contribution in [3.63, 3.8) is 0 Å². The third-order valence-electron chi connectivity index (χ3n) is 4.04. The number of aromatic nitrogens is 2. The van der Waals surface area contributed by atoms with Gasteiger partial charge < -0.3 is 0 Å². The van der Waals surface area contributed by atoms with Gasteiger partial charge in [0.05, 0.1) is 21.5 Å². The number of benzene rings is 2. The van der Waals surface area contributed by atoms with Crippen molar-refractivity contribution in [2.75, 3.05) is 0 Å². The minimum Gasteiger partial charge on any atom is -0.272 e. The van der Waals surface area contributed by atoms with Gasteiger partial charge in [-0.05, 0) is 32.0 Å². The molecule has 11 heteroatoms. The molecule has 1 aromatic heterocycles. The van der Waals surface area contributed by atoms with E-state index in [1.54, 1.807) is 38.1 Å². The number of nitrogens with zero attached hydrogens (tertiary/aromatic N) is 2. The normalized spacial score (nSPS) is 11.8. The van der Waals surface area contributed by atoms with Gasteiger partial charge >= 0.3 is 0 Å². The summed E-state index contributed by atoms with van der Waals surface area (Å²) < 4.78 is 26.1. The lowest BCUT2D eigenvalue weighted by molar-refractivity contribution is 0.0939. The molecule has 0 aliphatic carbocycles. The van der Waals surface area contributed by atoms with Crippen molar-refractivity contribution in [3.8, 4) is 0 Å². The number of carbonyl (C=O) groups is 1. The first kappa shape index (κ1) is 21.3. The second-order valence-corrected chi connectivity index (χ2v) is 8.79. The van der Waals surface area contributed by atoms with E-state index in [9.17, 15) is 18.0 Å². The third-order valence-corrected chi connectivity index (χ3v) is 6.26. The molecule has 0 bridgehead atoms. The van der Waals surface area contributed by atoms with E-state index in [0.29, 0.717) is 10.8 Å². The largest absolute Gasteiger partial charge is 0.287 e. The smallest absolute Gasteiger partial charge is 0.272 e. The second kappa shape index (κ2) is 8.11. The number of carbonyl (C=O) groups excluding carboxylic acids is 1. The van der Waals surface area contributed by atoms with Crippen LogP contribution < -0.4 is 15.8 Å². The van der Waals surface area contributed by atoms with Crippen molar-refractivity contribution in [1.29, 1.82) is 0 Å². The molecule has 0 spiro atoms. The molecule has 8 nitrogen and oxygen atoms in total. The van der Waals surface area contributed by atoms with Crippen LogP contribution in [0.1, 0.15) is 30.4 Å². The number of hydrogen-bond donors (Lipinski definition) is 2. The summed E-state index contributed by atoms with van der Waals surface area (Å²) in [6, 6.07) is 10.2. The molecule has 3 aromatic rings. The molecular weight excluding hydrogens is 439 g/mol. The number of nitrogens with one attached hydrogen (secondary N) is 2. The predicted octanol–water partition coefficient (Wildman–Crippen LogP) is 2.91. The Kier molecular flexibility index (Phi) is 5.95. The fourth-order valence-electron chi connectivity index (χ4n) is 2.64. The Balaban J connectivity index is 1.98. The summed E-state index contributed by atoms with van der Waals surface area (Å²) >= 11 is 11.8. The predicted molar refractivity (Wildman–Crippen MR) is 111 cm³/mol. The Morgan fingerprint density at radius 1 is 1.07 bits per heavy atom. The zero-order valence-electron chi connectivity index (χ0n) is 15.3. The van der Waals surface area contributed by atoms with Crippen LogP contribution in [0.25, 0.3) is 10.8 Å².